The van der Waals surface area contributed by atoms with E-state index >= 15 is 0 Å². The number of imide groups is 1. The molecule has 0 fully saturated rings. The maximum Gasteiger partial charge on any atom is 0.525 e. The summed E-state index contributed by atoms with van der Waals surface area (Å²) < 4.78 is 71.9. The van der Waals surface area contributed by atoms with Crippen LogP contribution in [0.1, 0.15) is 20.7 Å². The number of nitrogens with zero attached hydrogens (tertiary/aromatic N) is 1. The van der Waals surface area contributed by atoms with Gasteiger partial charge in [0.25, 0.3) is 11.8 Å². The molecule has 2 aromatic carbocycles. The van der Waals surface area contributed by atoms with Gasteiger partial charge in [-0.05, 0) is 23.6 Å². The van der Waals surface area contributed by atoms with E-state index in [9.17, 15) is 36.0 Å². The predicted octanol–water partition coefficient (Wildman–Crippen LogP) is 4.10. The van der Waals surface area contributed by atoms with Crippen LogP contribution in [-0.2, 0) is 19.1 Å². The van der Waals surface area contributed by atoms with Gasteiger partial charge in [-0.15, -0.1) is 9.35 Å². The molecular weight excluding hydrogens is 530 g/mol. The molecule has 172 valence electrons. The van der Waals surface area contributed by atoms with Crippen LogP contribution in [0.5, 0.6) is 5.75 Å². The van der Waals surface area contributed by atoms with Crippen molar-refractivity contribution < 1.29 is 49.7 Å². The predicted molar refractivity (Wildman–Crippen MR) is 103 cm³/mol. The van der Waals surface area contributed by atoms with Gasteiger partial charge < -0.3 is 9.47 Å². The van der Waals surface area contributed by atoms with Crippen LogP contribution < -0.4 is 4.74 Å². The van der Waals surface area contributed by atoms with E-state index in [-0.39, 0.29) is 22.1 Å². The average molecular weight is 537 g/mol. The summed E-state index contributed by atoms with van der Waals surface area (Å²) in [5.41, 5.74) is -6.73. The lowest BCUT2D eigenvalue weighted by atomic mass is 9.95. The van der Waals surface area contributed by atoms with Crippen molar-refractivity contribution in [2.75, 3.05) is 6.61 Å². The minimum absolute atomic E-state index is 0.0336. The fourth-order valence-corrected chi connectivity index (χ4v) is 3.17. The minimum Gasteiger partial charge on any atom is -0.429 e. The standard InChI is InChI=1S/C16H7Cl3F3NO8S/c17-15(18,19)6-29-14(26)30-8-4-7-2-1-3-9-11(7)10(5-8)13(25)23(12(9)24)31-32(27,28)16(20,21)22/h1-5H,6H2. The van der Waals surface area contributed by atoms with E-state index in [1.807, 2.05) is 0 Å². The van der Waals surface area contributed by atoms with Crippen LogP contribution in [0, 0.1) is 0 Å². The number of rotatable bonds is 4. The number of carbonyl (C=O) groups excluding carboxylic acids is 3. The second-order valence-corrected chi connectivity index (χ2v) is 10.0. The zero-order valence-electron chi connectivity index (χ0n) is 15.0. The SMILES string of the molecule is O=C(OCC(Cl)(Cl)Cl)Oc1cc2c3c(cccc3c1)C(=O)N(OS(=O)(=O)C(F)(F)F)C2=O. The number of amides is 2. The quantitative estimate of drug-likeness (QED) is 0.189. The van der Waals surface area contributed by atoms with E-state index in [2.05, 4.69) is 9.02 Å². The third-order valence-corrected chi connectivity index (χ3v) is 5.03. The second-order valence-electron chi connectivity index (χ2n) is 6.01. The van der Waals surface area contributed by atoms with Crippen molar-refractivity contribution in [3.63, 3.8) is 0 Å². The number of benzene rings is 2. The summed E-state index contributed by atoms with van der Waals surface area (Å²) in [4.78, 5) is 36.9. The Morgan fingerprint density at radius 1 is 1.03 bits per heavy atom. The Labute approximate surface area is 191 Å². The summed E-state index contributed by atoms with van der Waals surface area (Å²) in [5.74, 6) is -3.34. The van der Waals surface area contributed by atoms with E-state index < -0.39 is 54.6 Å². The summed E-state index contributed by atoms with van der Waals surface area (Å²) in [6, 6.07) is 5.89. The van der Waals surface area contributed by atoms with Crippen LogP contribution in [0.25, 0.3) is 10.8 Å². The van der Waals surface area contributed by atoms with Crippen molar-refractivity contribution >= 4 is 73.7 Å². The van der Waals surface area contributed by atoms with Crippen LogP contribution in [0.3, 0.4) is 0 Å². The Bertz CT molecular complexity index is 1240. The number of hydroxylamine groups is 2. The third-order valence-electron chi connectivity index (χ3n) is 3.79. The molecule has 0 atom stereocenters. The van der Waals surface area contributed by atoms with Crippen LogP contribution in [0.2, 0.25) is 0 Å². The Morgan fingerprint density at radius 2 is 1.66 bits per heavy atom. The van der Waals surface area contributed by atoms with E-state index in [0.717, 1.165) is 12.1 Å². The molecule has 2 amide bonds. The summed E-state index contributed by atoms with van der Waals surface area (Å²) in [6.07, 6.45) is -1.36. The molecule has 1 aliphatic heterocycles. The van der Waals surface area contributed by atoms with Crippen LogP contribution in [0.4, 0.5) is 18.0 Å². The molecule has 0 saturated carbocycles. The monoisotopic (exact) mass is 535 g/mol. The van der Waals surface area contributed by atoms with E-state index in [1.165, 1.54) is 18.2 Å². The average Bonchev–Trinajstić information content (AvgIpc) is 2.66. The molecule has 0 spiro atoms. The first kappa shape index (κ1) is 24.3. The van der Waals surface area contributed by atoms with Gasteiger partial charge in [-0.25, -0.2) is 4.79 Å². The van der Waals surface area contributed by atoms with E-state index in [4.69, 9.17) is 39.5 Å². The highest BCUT2D eigenvalue weighted by Gasteiger charge is 2.51. The first-order chi connectivity index (χ1) is 14.6. The molecule has 0 radical (unpaired) electrons. The fraction of sp³-hybridized carbons (Fsp3) is 0.188. The topological polar surface area (TPSA) is 116 Å². The molecule has 0 aliphatic carbocycles. The molecule has 1 aliphatic rings. The maximum absolute atomic E-state index is 12.7. The molecule has 16 heteroatoms. The van der Waals surface area contributed by atoms with E-state index in [0.29, 0.717) is 0 Å². The van der Waals surface area contributed by atoms with Crippen LogP contribution >= 0.6 is 34.8 Å². The first-order valence-corrected chi connectivity index (χ1v) is 10.5. The van der Waals surface area contributed by atoms with Gasteiger partial charge in [0.2, 0.25) is 3.79 Å². The van der Waals surface area contributed by atoms with Gasteiger partial charge in [0.15, 0.2) is 0 Å². The molecule has 0 aromatic heterocycles. The maximum atomic E-state index is 12.7. The number of alkyl halides is 6. The highest BCUT2D eigenvalue weighted by atomic mass is 35.6. The highest BCUT2D eigenvalue weighted by molar-refractivity contribution is 7.87. The lowest BCUT2D eigenvalue weighted by molar-refractivity contribution is -0.0761. The minimum atomic E-state index is -6.34. The van der Waals surface area contributed by atoms with Crippen molar-refractivity contribution in [3.05, 3.63) is 41.5 Å². The first-order valence-electron chi connectivity index (χ1n) is 7.98. The smallest absolute Gasteiger partial charge is 0.429 e. The van der Waals surface area contributed by atoms with E-state index in [1.54, 1.807) is 0 Å². The Hall–Kier alpha value is -2.32. The Kier molecular flexibility index (Phi) is 6.25. The van der Waals surface area contributed by atoms with Crippen molar-refractivity contribution in [2.24, 2.45) is 0 Å². The molecule has 0 saturated heterocycles. The second kappa shape index (κ2) is 8.23. The lowest BCUT2D eigenvalue weighted by Crippen LogP contribution is -2.44. The van der Waals surface area contributed by atoms with Crippen LogP contribution in [-0.4, -0.2) is 47.4 Å². The van der Waals surface area contributed by atoms with Crippen molar-refractivity contribution in [2.45, 2.75) is 9.30 Å². The number of ether oxygens (including phenoxy) is 2. The van der Waals surface area contributed by atoms with Crippen LogP contribution in [0.15, 0.2) is 30.3 Å². The zero-order chi connectivity index (χ0) is 24.1. The zero-order valence-corrected chi connectivity index (χ0v) is 18.1. The van der Waals surface area contributed by atoms with Crippen molar-refractivity contribution in [3.8, 4) is 5.75 Å². The number of carbonyl (C=O) groups is 3. The lowest BCUT2D eigenvalue weighted by Gasteiger charge is -2.25. The van der Waals surface area contributed by atoms with Gasteiger partial charge >= 0.3 is 21.8 Å². The van der Waals surface area contributed by atoms with Crippen molar-refractivity contribution in [1.82, 2.24) is 5.06 Å². The normalized spacial score (nSPS) is 14.6. The summed E-state index contributed by atoms with van der Waals surface area (Å²) in [5, 5.41) is -0.428. The summed E-state index contributed by atoms with van der Waals surface area (Å²) >= 11 is 16.3. The molecule has 1 heterocycles. The number of halogens is 6. The third kappa shape index (κ3) is 4.86. The highest BCUT2D eigenvalue weighted by Crippen LogP contribution is 2.35. The Balaban J connectivity index is 2.01. The van der Waals surface area contributed by atoms with Gasteiger partial charge in [0.05, 0.1) is 11.1 Å². The summed E-state index contributed by atoms with van der Waals surface area (Å²) in [6.45, 7) is -0.689. The molecule has 0 N–H and O–H groups in total. The Morgan fingerprint density at radius 3 is 2.25 bits per heavy atom. The van der Waals surface area contributed by atoms with Gasteiger partial charge in [0.1, 0.15) is 12.4 Å². The number of hydrogen-bond donors (Lipinski definition) is 0. The largest absolute Gasteiger partial charge is 0.525 e. The van der Waals surface area contributed by atoms with Gasteiger partial charge in [0, 0.05) is 5.39 Å². The molecule has 2 aromatic rings. The molecule has 0 unspecified atom stereocenters. The van der Waals surface area contributed by atoms with Gasteiger partial charge in [-0.3, -0.25) is 9.59 Å². The molecule has 0 bridgehead atoms. The van der Waals surface area contributed by atoms with Gasteiger partial charge in [-0.2, -0.15) is 21.6 Å². The molecule has 32 heavy (non-hydrogen) atoms. The molecule has 3 rings (SSSR count). The van der Waals surface area contributed by atoms with Crippen molar-refractivity contribution in [1.29, 1.82) is 0 Å². The van der Waals surface area contributed by atoms with Gasteiger partial charge in [-0.1, -0.05) is 46.9 Å². The molecular formula is C16H7Cl3F3NO8S. The number of hydrogen-bond acceptors (Lipinski definition) is 8. The molecule has 9 nitrogen and oxygen atoms in total. The fourth-order valence-electron chi connectivity index (χ4n) is 2.59. The summed E-state index contributed by atoms with van der Waals surface area (Å²) in [7, 11) is -6.34.